The van der Waals surface area contributed by atoms with Crippen molar-refractivity contribution in [2.45, 2.75) is 25.0 Å². The van der Waals surface area contributed by atoms with Crippen molar-refractivity contribution in [3.63, 3.8) is 0 Å². The van der Waals surface area contributed by atoms with Gasteiger partial charge < -0.3 is 10.6 Å². The number of carbonyl (C=O) groups excluding carboxylic acids is 2. The Morgan fingerprint density at radius 2 is 1.74 bits per heavy atom. The molecule has 23 heavy (non-hydrogen) atoms. The molecule has 0 bridgehead atoms. The van der Waals surface area contributed by atoms with E-state index in [4.69, 9.17) is 0 Å². The van der Waals surface area contributed by atoms with Crippen LogP contribution >= 0.6 is 0 Å². The van der Waals surface area contributed by atoms with Gasteiger partial charge in [-0.2, -0.15) is 4.31 Å². The van der Waals surface area contributed by atoms with Crippen LogP contribution in [0.15, 0.2) is 24.3 Å². The maximum atomic E-state index is 12.2. The first-order chi connectivity index (χ1) is 10.9. The second-order valence-corrected chi connectivity index (χ2v) is 8.22. The van der Waals surface area contributed by atoms with E-state index in [0.29, 0.717) is 11.4 Å². The number of carbonyl (C=O) groups is 2. The van der Waals surface area contributed by atoms with Crippen LogP contribution in [0, 0.1) is 5.92 Å². The highest BCUT2D eigenvalue weighted by atomic mass is 32.2. The number of nitrogens with one attached hydrogen (secondary N) is 2. The molecule has 1 aliphatic carbocycles. The maximum absolute atomic E-state index is 12.2. The Labute approximate surface area is 135 Å². The van der Waals surface area contributed by atoms with E-state index in [1.807, 2.05) is 0 Å². The molecule has 0 spiro atoms. The Bertz CT molecular complexity index is 737. The van der Waals surface area contributed by atoms with Gasteiger partial charge in [-0.15, -0.1) is 0 Å². The number of sulfonamides is 1. The molecule has 1 saturated heterocycles. The minimum absolute atomic E-state index is 0.187. The molecule has 1 aromatic rings. The van der Waals surface area contributed by atoms with E-state index in [9.17, 15) is 18.0 Å². The van der Waals surface area contributed by atoms with Gasteiger partial charge in [0.05, 0.1) is 11.2 Å². The van der Waals surface area contributed by atoms with Crippen LogP contribution in [0.2, 0.25) is 0 Å². The Hall–Kier alpha value is -1.93. The average molecular weight is 337 g/mol. The summed E-state index contributed by atoms with van der Waals surface area (Å²) in [5.74, 6) is -0.714. The van der Waals surface area contributed by atoms with Crippen molar-refractivity contribution in [3.05, 3.63) is 24.3 Å². The van der Waals surface area contributed by atoms with Gasteiger partial charge in [-0.1, -0.05) is 6.07 Å². The van der Waals surface area contributed by atoms with Crippen molar-refractivity contribution in [1.82, 2.24) is 4.31 Å². The molecular formula is C15H19N3O4S. The van der Waals surface area contributed by atoms with Gasteiger partial charge in [-0.3, -0.25) is 9.59 Å². The fraction of sp³-hybridized carbons (Fsp3) is 0.467. The van der Waals surface area contributed by atoms with E-state index >= 15 is 0 Å². The van der Waals surface area contributed by atoms with Gasteiger partial charge in [0.15, 0.2) is 0 Å². The summed E-state index contributed by atoms with van der Waals surface area (Å²) in [4.78, 5) is 23.2. The summed E-state index contributed by atoms with van der Waals surface area (Å²) in [5.41, 5.74) is 1.17. The fourth-order valence-electron chi connectivity index (χ4n) is 2.51. The van der Waals surface area contributed by atoms with E-state index in [1.165, 1.54) is 11.2 Å². The summed E-state index contributed by atoms with van der Waals surface area (Å²) in [6, 6.07) is 6.84. The van der Waals surface area contributed by atoms with Crippen LogP contribution in [-0.2, 0) is 19.6 Å². The summed E-state index contributed by atoms with van der Waals surface area (Å²) in [6.45, 7) is 1.90. The summed E-state index contributed by atoms with van der Waals surface area (Å²) >= 11 is 0. The van der Waals surface area contributed by atoms with Gasteiger partial charge in [0.1, 0.15) is 0 Å². The molecule has 2 fully saturated rings. The van der Waals surface area contributed by atoms with Gasteiger partial charge in [0.25, 0.3) is 0 Å². The lowest BCUT2D eigenvalue weighted by molar-refractivity contribution is -0.122. The van der Waals surface area contributed by atoms with Crippen molar-refractivity contribution in [2.24, 2.45) is 5.92 Å². The van der Waals surface area contributed by atoms with Crippen molar-refractivity contribution in [2.75, 3.05) is 23.7 Å². The van der Waals surface area contributed by atoms with Crippen LogP contribution in [0.3, 0.4) is 0 Å². The first-order valence-corrected chi connectivity index (χ1v) is 9.04. The highest BCUT2D eigenvalue weighted by Gasteiger charge is 2.46. The van der Waals surface area contributed by atoms with Crippen LogP contribution in [0.4, 0.5) is 11.4 Å². The monoisotopic (exact) mass is 337 g/mol. The second-order valence-electron chi connectivity index (χ2n) is 6.01. The Balaban J connectivity index is 1.55. The van der Waals surface area contributed by atoms with Crippen molar-refractivity contribution in [3.8, 4) is 0 Å². The number of benzene rings is 1. The number of hydrogen-bond acceptors (Lipinski definition) is 4. The lowest BCUT2D eigenvalue weighted by Gasteiger charge is -2.37. The van der Waals surface area contributed by atoms with E-state index in [2.05, 4.69) is 10.6 Å². The molecule has 0 radical (unpaired) electrons. The van der Waals surface area contributed by atoms with E-state index < -0.39 is 10.0 Å². The number of rotatable bonds is 5. The molecule has 0 atom stereocenters. The Morgan fingerprint density at radius 1 is 1.13 bits per heavy atom. The molecule has 7 nitrogen and oxygen atoms in total. The average Bonchev–Trinajstić information content (AvgIpc) is 3.20. The standard InChI is InChI=1S/C15H19N3O4S/c1-10(19)16-12-3-2-4-13(7-12)17-15(20)11-8-18(9-11)23(21,22)14-5-6-14/h2-4,7,11,14H,5-6,8-9H2,1H3,(H,16,19)(H,17,20). The van der Waals surface area contributed by atoms with Gasteiger partial charge in [0.2, 0.25) is 21.8 Å². The lowest BCUT2D eigenvalue weighted by atomic mass is 10.0. The predicted octanol–water partition coefficient (Wildman–Crippen LogP) is 1.01. The van der Waals surface area contributed by atoms with Crippen molar-refractivity contribution in [1.29, 1.82) is 0 Å². The molecule has 1 aliphatic heterocycles. The van der Waals surface area contributed by atoms with E-state index in [0.717, 1.165) is 12.8 Å². The van der Waals surface area contributed by atoms with Gasteiger partial charge in [-0.05, 0) is 31.0 Å². The minimum atomic E-state index is -3.18. The van der Waals surface area contributed by atoms with Crippen LogP contribution in [0.5, 0.6) is 0 Å². The quantitative estimate of drug-likeness (QED) is 0.838. The summed E-state index contributed by atoms with van der Waals surface area (Å²) in [7, 11) is -3.18. The van der Waals surface area contributed by atoms with E-state index in [1.54, 1.807) is 24.3 Å². The second kappa shape index (κ2) is 5.93. The van der Waals surface area contributed by atoms with Crippen LogP contribution in [0.25, 0.3) is 0 Å². The molecule has 124 valence electrons. The molecule has 2 amide bonds. The third-order valence-electron chi connectivity index (χ3n) is 3.97. The zero-order chi connectivity index (χ0) is 16.6. The van der Waals surface area contributed by atoms with Gasteiger partial charge in [-0.25, -0.2) is 8.42 Å². The lowest BCUT2D eigenvalue weighted by Crippen LogP contribution is -2.55. The van der Waals surface area contributed by atoms with E-state index in [-0.39, 0.29) is 36.1 Å². The maximum Gasteiger partial charge on any atom is 0.230 e. The smallest absolute Gasteiger partial charge is 0.230 e. The predicted molar refractivity (Wildman–Crippen MR) is 86.4 cm³/mol. The Morgan fingerprint density at radius 3 is 2.30 bits per heavy atom. The molecule has 2 aliphatic rings. The topological polar surface area (TPSA) is 95.6 Å². The summed E-state index contributed by atoms with van der Waals surface area (Å²) in [5, 5.41) is 5.17. The third kappa shape index (κ3) is 3.53. The molecule has 1 aromatic carbocycles. The Kier molecular flexibility index (Phi) is 4.11. The summed E-state index contributed by atoms with van der Waals surface area (Å²) < 4.78 is 25.4. The molecule has 1 saturated carbocycles. The van der Waals surface area contributed by atoms with Crippen molar-refractivity contribution >= 4 is 33.2 Å². The zero-order valence-corrected chi connectivity index (χ0v) is 13.6. The largest absolute Gasteiger partial charge is 0.326 e. The highest BCUT2D eigenvalue weighted by molar-refractivity contribution is 7.90. The minimum Gasteiger partial charge on any atom is -0.326 e. The number of nitrogens with zero attached hydrogens (tertiary/aromatic N) is 1. The molecule has 0 aromatic heterocycles. The van der Waals surface area contributed by atoms with Crippen LogP contribution in [-0.4, -0.2) is 42.9 Å². The first-order valence-electron chi connectivity index (χ1n) is 7.54. The molecule has 1 heterocycles. The van der Waals surface area contributed by atoms with Crippen LogP contribution < -0.4 is 10.6 Å². The van der Waals surface area contributed by atoms with Crippen molar-refractivity contribution < 1.29 is 18.0 Å². The normalized spacial score (nSPS) is 19.0. The summed E-state index contributed by atoms with van der Waals surface area (Å²) in [6.07, 6.45) is 1.46. The fourth-order valence-corrected chi connectivity index (χ4v) is 4.44. The molecule has 0 unspecified atom stereocenters. The molecular weight excluding hydrogens is 318 g/mol. The molecule has 2 N–H and O–H groups in total. The first kappa shape index (κ1) is 15.9. The number of hydrogen-bond donors (Lipinski definition) is 2. The van der Waals surface area contributed by atoms with Gasteiger partial charge >= 0.3 is 0 Å². The zero-order valence-electron chi connectivity index (χ0n) is 12.8. The SMILES string of the molecule is CC(=O)Nc1cccc(NC(=O)C2CN(S(=O)(=O)C3CC3)C2)c1. The third-order valence-corrected chi connectivity index (χ3v) is 6.31. The van der Waals surface area contributed by atoms with Gasteiger partial charge in [0, 0.05) is 31.4 Å². The molecule has 3 rings (SSSR count). The highest BCUT2D eigenvalue weighted by Crippen LogP contribution is 2.34. The van der Waals surface area contributed by atoms with Crippen LogP contribution in [0.1, 0.15) is 19.8 Å². The number of amides is 2. The number of anilines is 2. The molecule has 8 heteroatoms.